The van der Waals surface area contributed by atoms with E-state index in [4.69, 9.17) is 11.6 Å². The van der Waals surface area contributed by atoms with Crippen molar-refractivity contribution in [2.75, 3.05) is 26.2 Å². The molecule has 0 unspecified atom stereocenters. The largest absolute Gasteiger partial charge is 0.289 e. The van der Waals surface area contributed by atoms with Crippen LogP contribution in [-0.2, 0) is 26.2 Å². The predicted octanol–water partition coefficient (Wildman–Crippen LogP) is 2.25. The number of sulfonamides is 1. The Balaban J connectivity index is 1.42. The Labute approximate surface area is 189 Å². The van der Waals surface area contributed by atoms with Crippen molar-refractivity contribution in [3.05, 3.63) is 64.7 Å². The molecule has 2 aromatic carbocycles. The summed E-state index contributed by atoms with van der Waals surface area (Å²) < 4.78 is 54.5. The molecular weight excluding hydrogens is 464 g/mol. The Morgan fingerprint density at radius 3 is 2.12 bits per heavy atom. The third-order valence-corrected chi connectivity index (χ3v) is 7.91. The minimum atomic E-state index is -4.37. The quantitative estimate of drug-likeness (QED) is 0.610. The highest BCUT2D eigenvalue weighted by Crippen LogP contribution is 2.26. The fourth-order valence-electron chi connectivity index (χ4n) is 4.00. The lowest BCUT2D eigenvalue weighted by atomic mass is 10.2. The van der Waals surface area contributed by atoms with Gasteiger partial charge in [0.2, 0.25) is 21.8 Å². The Morgan fingerprint density at radius 1 is 0.938 bits per heavy atom. The van der Waals surface area contributed by atoms with E-state index in [-0.39, 0.29) is 51.0 Å². The van der Waals surface area contributed by atoms with Gasteiger partial charge in [-0.15, -0.1) is 0 Å². The second-order valence-corrected chi connectivity index (χ2v) is 9.97. The van der Waals surface area contributed by atoms with E-state index in [0.717, 1.165) is 28.1 Å². The third kappa shape index (κ3) is 4.27. The summed E-state index contributed by atoms with van der Waals surface area (Å²) in [6, 6.07) is 9.03. The average molecular weight is 484 g/mol. The SMILES string of the molecule is O=C1C[C@H](N2CCN(S(=O)(=O)c3c(F)cccc3F)CC2)C(=O)N1Cc1ccc(Cl)cc1. The number of piperazine rings is 1. The molecule has 2 heterocycles. The van der Waals surface area contributed by atoms with Gasteiger partial charge in [-0.2, -0.15) is 4.31 Å². The highest BCUT2D eigenvalue weighted by molar-refractivity contribution is 7.89. The van der Waals surface area contributed by atoms with Gasteiger partial charge in [-0.25, -0.2) is 17.2 Å². The van der Waals surface area contributed by atoms with Gasteiger partial charge in [0.05, 0.1) is 19.0 Å². The predicted molar refractivity (Wildman–Crippen MR) is 112 cm³/mol. The topological polar surface area (TPSA) is 78.0 Å². The lowest BCUT2D eigenvalue weighted by Gasteiger charge is -2.36. The molecule has 1 atom stereocenters. The smallest absolute Gasteiger partial charge is 0.249 e. The molecule has 2 aliphatic heterocycles. The van der Waals surface area contributed by atoms with Crippen molar-refractivity contribution in [2.24, 2.45) is 0 Å². The molecule has 0 aliphatic carbocycles. The summed E-state index contributed by atoms with van der Waals surface area (Å²) in [5.41, 5.74) is 0.763. The number of hydrogen-bond donors (Lipinski definition) is 0. The zero-order valence-electron chi connectivity index (χ0n) is 16.9. The number of likely N-dealkylation sites (tertiary alicyclic amines) is 1. The van der Waals surface area contributed by atoms with Gasteiger partial charge in [0.25, 0.3) is 0 Å². The summed E-state index contributed by atoms with van der Waals surface area (Å²) in [4.78, 5) is 27.3. The standard InChI is InChI=1S/C21H20ClF2N3O4S/c22-15-6-4-14(5-7-15)13-27-19(28)12-18(21(27)29)25-8-10-26(11-9-25)32(30,31)20-16(23)2-1-3-17(20)24/h1-7,18H,8-13H2/t18-/m0/s1. The van der Waals surface area contributed by atoms with Crippen LogP contribution in [-0.4, -0.2) is 66.6 Å². The van der Waals surface area contributed by atoms with E-state index in [1.54, 1.807) is 29.2 Å². The van der Waals surface area contributed by atoms with E-state index in [9.17, 15) is 26.8 Å². The Kier molecular flexibility index (Phi) is 6.30. The van der Waals surface area contributed by atoms with Crippen LogP contribution in [0.2, 0.25) is 5.02 Å². The molecule has 0 aromatic heterocycles. The molecule has 0 N–H and O–H groups in total. The molecule has 32 heavy (non-hydrogen) atoms. The Morgan fingerprint density at radius 2 is 1.53 bits per heavy atom. The number of amides is 2. The van der Waals surface area contributed by atoms with Crippen LogP contribution in [0.15, 0.2) is 47.4 Å². The number of carbonyl (C=O) groups excluding carboxylic acids is 2. The zero-order valence-corrected chi connectivity index (χ0v) is 18.5. The minimum Gasteiger partial charge on any atom is -0.289 e. The van der Waals surface area contributed by atoms with Gasteiger partial charge in [-0.3, -0.25) is 19.4 Å². The number of benzene rings is 2. The second-order valence-electron chi connectivity index (χ2n) is 7.66. The number of imide groups is 1. The molecule has 2 aliphatic rings. The van der Waals surface area contributed by atoms with E-state index < -0.39 is 32.6 Å². The molecule has 0 bridgehead atoms. The normalized spacial score (nSPS) is 20.8. The molecule has 0 radical (unpaired) electrons. The molecule has 4 rings (SSSR count). The summed E-state index contributed by atoms with van der Waals surface area (Å²) in [5.74, 6) is -2.96. The fourth-order valence-corrected chi connectivity index (χ4v) is 5.66. The monoisotopic (exact) mass is 483 g/mol. The highest BCUT2D eigenvalue weighted by atomic mass is 35.5. The van der Waals surface area contributed by atoms with Crippen molar-refractivity contribution >= 4 is 33.4 Å². The molecule has 0 saturated carbocycles. The molecule has 2 saturated heterocycles. The van der Waals surface area contributed by atoms with E-state index in [0.29, 0.717) is 5.02 Å². The van der Waals surface area contributed by atoms with Crippen molar-refractivity contribution in [1.29, 1.82) is 0 Å². The molecule has 2 amide bonds. The van der Waals surface area contributed by atoms with Gasteiger partial charge < -0.3 is 0 Å². The van der Waals surface area contributed by atoms with Gasteiger partial charge >= 0.3 is 0 Å². The van der Waals surface area contributed by atoms with E-state index >= 15 is 0 Å². The summed E-state index contributed by atoms with van der Waals surface area (Å²) in [6.45, 7) is 0.352. The van der Waals surface area contributed by atoms with E-state index in [2.05, 4.69) is 0 Å². The summed E-state index contributed by atoms with van der Waals surface area (Å²) in [7, 11) is -4.37. The number of carbonyl (C=O) groups is 2. The maximum absolute atomic E-state index is 14.0. The van der Waals surface area contributed by atoms with Crippen molar-refractivity contribution < 1.29 is 26.8 Å². The van der Waals surface area contributed by atoms with Crippen molar-refractivity contribution in [3.63, 3.8) is 0 Å². The molecule has 0 spiro atoms. The van der Waals surface area contributed by atoms with Crippen molar-refractivity contribution in [1.82, 2.24) is 14.1 Å². The van der Waals surface area contributed by atoms with Gasteiger partial charge in [0, 0.05) is 31.2 Å². The molecular formula is C21H20ClF2N3O4S. The van der Waals surface area contributed by atoms with Crippen LogP contribution in [0.1, 0.15) is 12.0 Å². The van der Waals surface area contributed by atoms with E-state index in [1.165, 1.54) is 4.90 Å². The summed E-state index contributed by atoms with van der Waals surface area (Å²) in [5, 5.41) is 0.550. The highest BCUT2D eigenvalue weighted by Gasteiger charge is 2.43. The lowest BCUT2D eigenvalue weighted by Crippen LogP contribution is -2.53. The van der Waals surface area contributed by atoms with Crippen LogP contribution in [0.5, 0.6) is 0 Å². The first-order valence-corrected chi connectivity index (χ1v) is 11.8. The molecule has 170 valence electrons. The van der Waals surface area contributed by atoms with Crippen LogP contribution in [0.25, 0.3) is 0 Å². The zero-order chi connectivity index (χ0) is 23.0. The second kappa shape index (κ2) is 8.86. The van der Waals surface area contributed by atoms with Crippen LogP contribution in [0.4, 0.5) is 8.78 Å². The molecule has 2 aromatic rings. The lowest BCUT2D eigenvalue weighted by molar-refractivity contribution is -0.140. The van der Waals surface area contributed by atoms with Crippen LogP contribution < -0.4 is 0 Å². The molecule has 7 nitrogen and oxygen atoms in total. The van der Waals surface area contributed by atoms with Crippen molar-refractivity contribution in [3.8, 4) is 0 Å². The Bertz CT molecular complexity index is 1130. The Hall–Kier alpha value is -2.40. The summed E-state index contributed by atoms with van der Waals surface area (Å²) in [6.07, 6.45) is 0.00111. The minimum absolute atomic E-state index is 0.00111. The number of nitrogens with zero attached hydrogens (tertiary/aromatic N) is 3. The van der Waals surface area contributed by atoms with Crippen LogP contribution >= 0.6 is 11.6 Å². The van der Waals surface area contributed by atoms with Crippen molar-refractivity contribution in [2.45, 2.75) is 23.9 Å². The van der Waals surface area contributed by atoms with E-state index in [1.807, 2.05) is 0 Å². The van der Waals surface area contributed by atoms with Crippen LogP contribution in [0, 0.1) is 11.6 Å². The number of hydrogen-bond acceptors (Lipinski definition) is 5. The third-order valence-electron chi connectivity index (χ3n) is 5.70. The number of halogens is 3. The van der Waals surface area contributed by atoms with Gasteiger partial charge in [0.15, 0.2) is 4.90 Å². The van der Waals surface area contributed by atoms with Gasteiger partial charge in [0.1, 0.15) is 11.6 Å². The first-order chi connectivity index (χ1) is 15.2. The summed E-state index contributed by atoms with van der Waals surface area (Å²) >= 11 is 5.87. The molecule has 11 heteroatoms. The van der Waals surface area contributed by atoms with Crippen LogP contribution in [0.3, 0.4) is 0 Å². The average Bonchev–Trinajstić information content (AvgIpc) is 3.03. The maximum Gasteiger partial charge on any atom is 0.249 e. The maximum atomic E-state index is 14.0. The number of rotatable bonds is 5. The van der Waals surface area contributed by atoms with Gasteiger partial charge in [-0.1, -0.05) is 29.8 Å². The fraction of sp³-hybridized carbons (Fsp3) is 0.333. The van der Waals surface area contributed by atoms with Gasteiger partial charge in [-0.05, 0) is 29.8 Å². The first kappa shape index (κ1) is 22.8. The molecule has 2 fully saturated rings. The first-order valence-electron chi connectivity index (χ1n) is 9.95.